The molecule has 0 atom stereocenters. The molecule has 0 aliphatic carbocycles. The molecule has 5 nitrogen and oxygen atoms in total. The number of aromatic nitrogens is 1. The van der Waals surface area contributed by atoms with Crippen LogP contribution in [0.4, 0.5) is 5.69 Å². The number of nitrogens with one attached hydrogen (secondary N) is 1. The van der Waals surface area contributed by atoms with E-state index in [0.29, 0.717) is 5.76 Å². The smallest absolute Gasteiger partial charge is 0.151 e. The van der Waals surface area contributed by atoms with E-state index in [1.54, 1.807) is 6.26 Å². The number of unbranched alkanes of at least 4 members (excludes halogenated alkanes) is 1. The molecule has 0 aliphatic rings. The van der Waals surface area contributed by atoms with Crippen molar-refractivity contribution < 1.29 is 9.62 Å². The van der Waals surface area contributed by atoms with Gasteiger partial charge in [0.25, 0.3) is 0 Å². The topological polar surface area (TPSA) is 70.7 Å². The summed E-state index contributed by atoms with van der Waals surface area (Å²) in [5.41, 5.74) is 3.19. The van der Waals surface area contributed by atoms with E-state index in [-0.39, 0.29) is 0 Å². The highest BCUT2D eigenvalue weighted by molar-refractivity contribution is 5.90. The molecule has 0 fully saturated rings. The van der Waals surface area contributed by atoms with Crippen molar-refractivity contribution in [1.82, 2.24) is 4.98 Å². The lowest BCUT2D eigenvalue weighted by Gasteiger charge is -2.09. The van der Waals surface area contributed by atoms with Crippen molar-refractivity contribution >= 4 is 22.8 Å². The summed E-state index contributed by atoms with van der Waals surface area (Å²) in [7, 11) is 0. The summed E-state index contributed by atoms with van der Waals surface area (Å²) in [4.78, 5) is 4.36. The second-order valence-corrected chi connectivity index (χ2v) is 5.31. The van der Waals surface area contributed by atoms with Crippen LogP contribution in [0.1, 0.15) is 24.2 Å². The van der Waals surface area contributed by atoms with Crippen molar-refractivity contribution in [3.63, 3.8) is 0 Å². The standard InChI is InChI=1S/C18H19N3O2/c22-21-13-18-14(9-12-23-18)5-3-4-10-19-17-8-11-20-16-7-2-1-6-15(16)17/h1-2,6-9,11-13,22H,3-5,10H2,(H,19,20)/b21-13-. The molecule has 0 amide bonds. The highest BCUT2D eigenvalue weighted by atomic mass is 16.4. The van der Waals surface area contributed by atoms with Gasteiger partial charge in [-0.15, -0.1) is 0 Å². The van der Waals surface area contributed by atoms with Crippen LogP contribution in [0, 0.1) is 0 Å². The van der Waals surface area contributed by atoms with Gasteiger partial charge in [-0.25, -0.2) is 0 Å². The number of rotatable bonds is 7. The number of anilines is 1. The summed E-state index contributed by atoms with van der Waals surface area (Å²) in [5.74, 6) is 0.626. The molecule has 118 valence electrons. The highest BCUT2D eigenvalue weighted by Gasteiger charge is 2.04. The summed E-state index contributed by atoms with van der Waals surface area (Å²) in [5, 5.41) is 16.2. The van der Waals surface area contributed by atoms with Crippen molar-refractivity contribution in [2.24, 2.45) is 5.16 Å². The van der Waals surface area contributed by atoms with Crippen molar-refractivity contribution in [2.45, 2.75) is 19.3 Å². The molecule has 0 bridgehead atoms. The molecule has 2 aromatic heterocycles. The van der Waals surface area contributed by atoms with Crippen molar-refractivity contribution in [3.05, 3.63) is 60.2 Å². The molecule has 3 aromatic rings. The van der Waals surface area contributed by atoms with E-state index in [4.69, 9.17) is 9.62 Å². The zero-order valence-electron chi connectivity index (χ0n) is 12.8. The molecule has 2 N–H and O–H groups in total. The van der Waals surface area contributed by atoms with E-state index >= 15 is 0 Å². The molecular formula is C18H19N3O2. The number of aryl methyl sites for hydroxylation is 1. The first kappa shape index (κ1) is 15.1. The van der Waals surface area contributed by atoms with E-state index < -0.39 is 0 Å². The van der Waals surface area contributed by atoms with Gasteiger partial charge in [0.05, 0.1) is 11.8 Å². The second-order valence-electron chi connectivity index (χ2n) is 5.31. The summed E-state index contributed by atoms with van der Waals surface area (Å²) in [6, 6.07) is 12.0. The average molecular weight is 309 g/mol. The number of pyridine rings is 1. The lowest BCUT2D eigenvalue weighted by Crippen LogP contribution is -2.03. The average Bonchev–Trinajstić information content (AvgIpc) is 3.02. The Bertz CT molecular complexity index is 790. The predicted octanol–water partition coefficient (Wildman–Crippen LogP) is 4.07. The molecule has 5 heteroatoms. The third-order valence-electron chi connectivity index (χ3n) is 3.79. The second kappa shape index (κ2) is 7.45. The minimum absolute atomic E-state index is 0.626. The SMILES string of the molecule is O/N=C\c1occc1CCCCNc1ccnc2ccccc12. The number of para-hydroxylation sites is 1. The van der Waals surface area contributed by atoms with Gasteiger partial charge in [-0.2, -0.15) is 0 Å². The Morgan fingerprint density at radius 1 is 1.17 bits per heavy atom. The molecule has 0 saturated carbocycles. The number of fused-ring (bicyclic) bond motifs is 1. The Balaban J connectivity index is 1.51. The Hall–Kier alpha value is -2.82. The summed E-state index contributed by atoms with van der Waals surface area (Å²) < 4.78 is 5.25. The van der Waals surface area contributed by atoms with Gasteiger partial charge in [-0.1, -0.05) is 23.4 Å². The highest BCUT2D eigenvalue weighted by Crippen LogP contribution is 2.21. The fourth-order valence-corrected chi connectivity index (χ4v) is 2.63. The van der Waals surface area contributed by atoms with Crippen LogP contribution in [0.5, 0.6) is 0 Å². The van der Waals surface area contributed by atoms with Crippen molar-refractivity contribution in [1.29, 1.82) is 0 Å². The minimum atomic E-state index is 0.626. The van der Waals surface area contributed by atoms with E-state index in [9.17, 15) is 0 Å². The van der Waals surface area contributed by atoms with Crippen LogP contribution in [-0.2, 0) is 6.42 Å². The molecule has 1 aromatic carbocycles. The van der Waals surface area contributed by atoms with E-state index in [2.05, 4.69) is 21.5 Å². The zero-order valence-corrected chi connectivity index (χ0v) is 12.8. The van der Waals surface area contributed by atoms with Crippen LogP contribution >= 0.6 is 0 Å². The first-order chi connectivity index (χ1) is 11.4. The van der Waals surface area contributed by atoms with Gasteiger partial charge in [0.15, 0.2) is 5.76 Å². The molecule has 23 heavy (non-hydrogen) atoms. The van der Waals surface area contributed by atoms with Gasteiger partial charge < -0.3 is 14.9 Å². The van der Waals surface area contributed by atoms with Gasteiger partial charge in [0, 0.05) is 23.8 Å². The quantitative estimate of drug-likeness (QED) is 0.299. The zero-order chi connectivity index (χ0) is 15.9. The van der Waals surface area contributed by atoms with Crippen LogP contribution in [0.15, 0.2) is 58.4 Å². The van der Waals surface area contributed by atoms with Gasteiger partial charge in [0.1, 0.15) is 6.21 Å². The molecule has 0 aliphatic heterocycles. The molecule has 0 saturated heterocycles. The molecule has 0 radical (unpaired) electrons. The maximum Gasteiger partial charge on any atom is 0.151 e. The summed E-state index contributed by atoms with van der Waals surface area (Å²) in [6.45, 7) is 0.898. The van der Waals surface area contributed by atoms with Crippen LogP contribution in [0.2, 0.25) is 0 Å². The van der Waals surface area contributed by atoms with Crippen molar-refractivity contribution in [3.8, 4) is 0 Å². The van der Waals surface area contributed by atoms with Crippen LogP contribution in [-0.4, -0.2) is 23.0 Å². The van der Waals surface area contributed by atoms with Crippen molar-refractivity contribution in [2.75, 3.05) is 11.9 Å². The largest absolute Gasteiger partial charge is 0.463 e. The van der Waals surface area contributed by atoms with E-state index in [1.165, 1.54) is 6.21 Å². The molecule has 3 rings (SSSR count). The van der Waals surface area contributed by atoms with Gasteiger partial charge in [-0.3, -0.25) is 4.98 Å². The van der Waals surface area contributed by atoms with Gasteiger partial charge in [-0.05, 0) is 43.0 Å². The number of oxime groups is 1. The van der Waals surface area contributed by atoms with Crippen LogP contribution in [0.3, 0.4) is 0 Å². The number of nitrogens with zero attached hydrogens (tertiary/aromatic N) is 2. The van der Waals surface area contributed by atoms with Gasteiger partial charge >= 0.3 is 0 Å². The van der Waals surface area contributed by atoms with E-state index in [0.717, 1.165) is 48.0 Å². The Morgan fingerprint density at radius 2 is 2.09 bits per heavy atom. The number of benzene rings is 1. The lowest BCUT2D eigenvalue weighted by molar-refractivity contribution is 0.320. The fraction of sp³-hybridized carbons (Fsp3) is 0.222. The number of hydrogen-bond acceptors (Lipinski definition) is 5. The Kier molecular flexibility index (Phi) is 4.88. The fourth-order valence-electron chi connectivity index (χ4n) is 2.63. The third kappa shape index (κ3) is 3.69. The van der Waals surface area contributed by atoms with E-state index in [1.807, 2.05) is 36.5 Å². The first-order valence-corrected chi connectivity index (χ1v) is 7.70. The molecular weight excluding hydrogens is 290 g/mol. The minimum Gasteiger partial charge on any atom is -0.463 e. The molecule has 0 spiro atoms. The summed E-state index contributed by atoms with van der Waals surface area (Å²) >= 11 is 0. The maximum atomic E-state index is 8.58. The lowest BCUT2D eigenvalue weighted by atomic mass is 10.1. The molecule has 2 heterocycles. The normalized spacial score (nSPS) is 11.3. The van der Waals surface area contributed by atoms with Crippen LogP contribution in [0.25, 0.3) is 10.9 Å². The number of furan rings is 1. The van der Waals surface area contributed by atoms with Crippen LogP contribution < -0.4 is 5.32 Å². The van der Waals surface area contributed by atoms with Gasteiger partial charge in [0.2, 0.25) is 0 Å². The summed E-state index contributed by atoms with van der Waals surface area (Å²) in [6.07, 6.45) is 7.75. The predicted molar refractivity (Wildman–Crippen MR) is 91.3 cm³/mol. The first-order valence-electron chi connectivity index (χ1n) is 7.70. The number of hydrogen-bond donors (Lipinski definition) is 2. The Morgan fingerprint density at radius 3 is 3.00 bits per heavy atom. The Labute approximate surface area is 134 Å². The third-order valence-corrected chi connectivity index (χ3v) is 3.79. The maximum absolute atomic E-state index is 8.58. The monoisotopic (exact) mass is 309 g/mol. The molecule has 0 unspecified atom stereocenters.